The van der Waals surface area contributed by atoms with Crippen LogP contribution in [-0.2, 0) is 0 Å². The molecular weight excluding hydrogens is 202 g/mol. The van der Waals surface area contributed by atoms with Gasteiger partial charge >= 0.3 is 0 Å². The van der Waals surface area contributed by atoms with Gasteiger partial charge in [-0.15, -0.1) is 0 Å². The van der Waals surface area contributed by atoms with Crippen LogP contribution in [0.4, 0.5) is 11.5 Å². The lowest BCUT2D eigenvalue weighted by molar-refractivity contribution is 0.420. The Morgan fingerprint density at radius 2 is 2.00 bits per heavy atom. The summed E-state index contributed by atoms with van der Waals surface area (Å²) in [7, 11) is 5.54. The van der Waals surface area contributed by atoms with E-state index in [2.05, 4.69) is 4.98 Å². The molecule has 0 aliphatic carbocycles. The van der Waals surface area contributed by atoms with Gasteiger partial charge in [0.2, 0.25) is 0 Å². The molecular formula is C12H15N3O. The van der Waals surface area contributed by atoms with Gasteiger partial charge in [-0.3, -0.25) is 0 Å². The summed E-state index contributed by atoms with van der Waals surface area (Å²) in [6.45, 7) is 0. The van der Waals surface area contributed by atoms with Crippen LogP contribution < -0.4 is 15.4 Å². The minimum absolute atomic E-state index is 0.715. The first-order chi connectivity index (χ1) is 7.65. The average Bonchev–Trinajstić information content (AvgIpc) is 2.29. The number of benzene rings is 1. The molecule has 1 heterocycles. The standard InChI is InChI=1S/C12H15N3O/c1-15(2)12-11-8(6-7-14-12)10(16-3)5-4-9(11)13/h4-7H,13H2,1-3H3. The fourth-order valence-electron chi connectivity index (χ4n) is 1.80. The van der Waals surface area contributed by atoms with E-state index in [1.54, 1.807) is 13.3 Å². The van der Waals surface area contributed by atoms with E-state index in [1.165, 1.54) is 0 Å². The Balaban J connectivity index is 2.86. The van der Waals surface area contributed by atoms with E-state index in [0.717, 1.165) is 22.3 Å². The highest BCUT2D eigenvalue weighted by molar-refractivity contribution is 6.04. The van der Waals surface area contributed by atoms with E-state index in [1.807, 2.05) is 37.2 Å². The first kappa shape index (κ1) is 10.5. The Morgan fingerprint density at radius 3 is 2.62 bits per heavy atom. The van der Waals surface area contributed by atoms with Crippen LogP contribution in [-0.4, -0.2) is 26.2 Å². The van der Waals surface area contributed by atoms with Gasteiger partial charge in [0, 0.05) is 31.4 Å². The lowest BCUT2D eigenvalue weighted by Crippen LogP contribution is -2.11. The monoisotopic (exact) mass is 217 g/mol. The molecule has 4 heteroatoms. The second-order valence-electron chi connectivity index (χ2n) is 3.81. The van der Waals surface area contributed by atoms with E-state index in [9.17, 15) is 0 Å². The van der Waals surface area contributed by atoms with Crippen LogP contribution in [0.1, 0.15) is 0 Å². The predicted molar refractivity (Wildman–Crippen MR) is 67.0 cm³/mol. The highest BCUT2D eigenvalue weighted by Gasteiger charge is 2.10. The number of hydrogen-bond donors (Lipinski definition) is 1. The van der Waals surface area contributed by atoms with E-state index in [4.69, 9.17) is 10.5 Å². The molecule has 2 N–H and O–H groups in total. The highest BCUT2D eigenvalue weighted by atomic mass is 16.5. The van der Waals surface area contributed by atoms with E-state index in [0.29, 0.717) is 5.69 Å². The number of rotatable bonds is 2. The molecule has 1 aromatic carbocycles. The van der Waals surface area contributed by atoms with Crippen LogP contribution in [0.15, 0.2) is 24.4 Å². The minimum atomic E-state index is 0.715. The number of ether oxygens (including phenoxy) is 1. The Kier molecular flexibility index (Phi) is 2.56. The lowest BCUT2D eigenvalue weighted by atomic mass is 10.1. The second-order valence-corrected chi connectivity index (χ2v) is 3.81. The van der Waals surface area contributed by atoms with Crippen molar-refractivity contribution < 1.29 is 4.74 Å². The van der Waals surface area contributed by atoms with Crippen molar-refractivity contribution >= 4 is 22.3 Å². The van der Waals surface area contributed by atoms with Gasteiger partial charge in [0.05, 0.1) is 12.5 Å². The smallest absolute Gasteiger partial charge is 0.138 e. The van der Waals surface area contributed by atoms with Crippen molar-refractivity contribution in [1.82, 2.24) is 4.98 Å². The van der Waals surface area contributed by atoms with Crippen LogP contribution in [0, 0.1) is 0 Å². The number of fused-ring (bicyclic) bond motifs is 1. The van der Waals surface area contributed by atoms with Crippen molar-refractivity contribution in [2.45, 2.75) is 0 Å². The van der Waals surface area contributed by atoms with Gasteiger partial charge in [-0.05, 0) is 18.2 Å². The highest BCUT2D eigenvalue weighted by Crippen LogP contribution is 2.34. The fourth-order valence-corrected chi connectivity index (χ4v) is 1.80. The SMILES string of the molecule is COc1ccc(N)c2c(N(C)C)nccc12. The lowest BCUT2D eigenvalue weighted by Gasteiger charge is -2.16. The molecule has 16 heavy (non-hydrogen) atoms. The molecule has 0 unspecified atom stereocenters. The number of aromatic nitrogens is 1. The van der Waals surface area contributed by atoms with Crippen molar-refractivity contribution in [3.05, 3.63) is 24.4 Å². The van der Waals surface area contributed by atoms with Gasteiger partial charge in [0.15, 0.2) is 0 Å². The fraction of sp³-hybridized carbons (Fsp3) is 0.250. The third-order valence-electron chi connectivity index (χ3n) is 2.54. The van der Waals surface area contributed by atoms with Crippen LogP contribution >= 0.6 is 0 Å². The summed E-state index contributed by atoms with van der Waals surface area (Å²) in [6, 6.07) is 5.63. The van der Waals surface area contributed by atoms with Crippen molar-refractivity contribution in [3.63, 3.8) is 0 Å². The number of pyridine rings is 1. The molecule has 0 saturated carbocycles. The van der Waals surface area contributed by atoms with Crippen LogP contribution in [0.25, 0.3) is 10.8 Å². The summed E-state index contributed by atoms with van der Waals surface area (Å²) in [5.74, 6) is 1.67. The summed E-state index contributed by atoms with van der Waals surface area (Å²) in [5.41, 5.74) is 6.71. The third kappa shape index (κ3) is 1.52. The largest absolute Gasteiger partial charge is 0.496 e. The van der Waals surface area contributed by atoms with Gasteiger partial charge in [0.1, 0.15) is 11.6 Å². The maximum absolute atomic E-state index is 6.00. The molecule has 0 amide bonds. The number of methoxy groups -OCH3 is 1. The normalized spacial score (nSPS) is 10.4. The van der Waals surface area contributed by atoms with Gasteiger partial charge in [-0.25, -0.2) is 4.98 Å². The Morgan fingerprint density at radius 1 is 1.25 bits per heavy atom. The summed E-state index contributed by atoms with van der Waals surface area (Å²) in [4.78, 5) is 6.28. The predicted octanol–water partition coefficient (Wildman–Crippen LogP) is 1.89. The summed E-state index contributed by atoms with van der Waals surface area (Å²) in [6.07, 6.45) is 1.76. The molecule has 0 aliphatic rings. The zero-order valence-electron chi connectivity index (χ0n) is 9.69. The topological polar surface area (TPSA) is 51.4 Å². The van der Waals surface area contributed by atoms with Crippen molar-refractivity contribution in [3.8, 4) is 5.75 Å². The second kappa shape index (κ2) is 3.89. The maximum Gasteiger partial charge on any atom is 0.138 e. The molecule has 2 aromatic rings. The molecule has 0 fully saturated rings. The van der Waals surface area contributed by atoms with Gasteiger partial charge in [0.25, 0.3) is 0 Å². The Hall–Kier alpha value is -1.97. The van der Waals surface area contributed by atoms with E-state index in [-0.39, 0.29) is 0 Å². The van der Waals surface area contributed by atoms with Crippen LogP contribution in [0.3, 0.4) is 0 Å². The molecule has 0 spiro atoms. The van der Waals surface area contributed by atoms with Crippen molar-refractivity contribution in [2.75, 3.05) is 31.8 Å². The maximum atomic E-state index is 6.00. The first-order valence-corrected chi connectivity index (χ1v) is 5.03. The zero-order chi connectivity index (χ0) is 11.7. The molecule has 0 saturated heterocycles. The van der Waals surface area contributed by atoms with Crippen molar-refractivity contribution in [2.24, 2.45) is 0 Å². The number of nitrogens with zero attached hydrogens (tertiary/aromatic N) is 2. The molecule has 1 aromatic heterocycles. The van der Waals surface area contributed by atoms with Crippen molar-refractivity contribution in [1.29, 1.82) is 0 Å². The molecule has 0 radical (unpaired) electrons. The summed E-state index contributed by atoms with van der Waals surface area (Å²) in [5, 5.41) is 1.92. The molecule has 4 nitrogen and oxygen atoms in total. The third-order valence-corrected chi connectivity index (χ3v) is 2.54. The van der Waals surface area contributed by atoms with Crippen LogP contribution in [0.5, 0.6) is 5.75 Å². The number of hydrogen-bond acceptors (Lipinski definition) is 4. The molecule has 0 atom stereocenters. The Labute approximate surface area is 94.6 Å². The quantitative estimate of drug-likeness (QED) is 0.780. The number of nitrogens with two attached hydrogens (primary N) is 1. The van der Waals surface area contributed by atoms with E-state index < -0.39 is 0 Å². The minimum Gasteiger partial charge on any atom is -0.496 e. The Bertz CT molecular complexity index is 523. The summed E-state index contributed by atoms with van der Waals surface area (Å²) >= 11 is 0. The molecule has 84 valence electrons. The van der Waals surface area contributed by atoms with E-state index >= 15 is 0 Å². The first-order valence-electron chi connectivity index (χ1n) is 5.03. The summed E-state index contributed by atoms with van der Waals surface area (Å²) < 4.78 is 5.32. The molecule has 0 aliphatic heterocycles. The van der Waals surface area contributed by atoms with Crippen LogP contribution in [0.2, 0.25) is 0 Å². The van der Waals surface area contributed by atoms with Gasteiger partial charge in [-0.2, -0.15) is 0 Å². The van der Waals surface area contributed by atoms with Gasteiger partial charge < -0.3 is 15.4 Å². The molecule has 2 rings (SSSR count). The average molecular weight is 217 g/mol. The van der Waals surface area contributed by atoms with Gasteiger partial charge in [-0.1, -0.05) is 0 Å². The molecule has 0 bridgehead atoms. The number of anilines is 2. The number of nitrogen functional groups attached to an aromatic ring is 1. The zero-order valence-corrected chi connectivity index (χ0v) is 9.69.